The van der Waals surface area contributed by atoms with Crippen LogP contribution in [0.15, 0.2) is 42.5 Å². The van der Waals surface area contributed by atoms with Gasteiger partial charge in [-0.2, -0.15) is 15.0 Å². The third-order valence-corrected chi connectivity index (χ3v) is 4.18. The molecule has 0 saturated heterocycles. The summed E-state index contributed by atoms with van der Waals surface area (Å²) < 4.78 is 21.0. The fourth-order valence-electron chi connectivity index (χ4n) is 2.66. The monoisotopic (exact) mass is 454 g/mol. The Balaban J connectivity index is 1.57. The molecule has 0 fully saturated rings. The highest BCUT2D eigenvalue weighted by Crippen LogP contribution is 2.28. The van der Waals surface area contributed by atoms with Crippen molar-refractivity contribution < 1.29 is 28.5 Å². The Hall–Kier alpha value is -4.61. The topological polar surface area (TPSA) is 174 Å². The van der Waals surface area contributed by atoms with Crippen LogP contribution in [0.2, 0.25) is 0 Å². The number of hydrogen-bond acceptors (Lipinski definition) is 11. The number of ether oxygens (including phenoxy) is 4. The van der Waals surface area contributed by atoms with Crippen LogP contribution in [-0.2, 0) is 16.1 Å². The number of nitrogen functional groups attached to an aromatic ring is 2. The highest BCUT2D eigenvalue weighted by Gasteiger charge is 2.15. The van der Waals surface area contributed by atoms with Crippen molar-refractivity contribution in [1.82, 2.24) is 15.0 Å². The lowest BCUT2D eigenvalue weighted by Gasteiger charge is -2.12. The first-order chi connectivity index (χ1) is 15.9. The summed E-state index contributed by atoms with van der Waals surface area (Å²) in [7, 11) is 2.97. The van der Waals surface area contributed by atoms with Gasteiger partial charge in [-0.1, -0.05) is 0 Å². The van der Waals surface area contributed by atoms with Gasteiger partial charge in [0.2, 0.25) is 11.9 Å². The van der Waals surface area contributed by atoms with Gasteiger partial charge in [0.15, 0.2) is 30.5 Å². The second-order valence-electron chi connectivity index (χ2n) is 6.48. The Morgan fingerprint density at radius 1 is 0.909 bits per heavy atom. The molecule has 1 amide bonds. The molecule has 1 heterocycles. The van der Waals surface area contributed by atoms with Crippen LogP contribution in [0.5, 0.6) is 17.2 Å². The van der Waals surface area contributed by atoms with Crippen molar-refractivity contribution in [1.29, 1.82) is 0 Å². The molecule has 0 aliphatic heterocycles. The molecule has 3 rings (SSSR count). The van der Waals surface area contributed by atoms with Crippen LogP contribution in [0.3, 0.4) is 0 Å². The zero-order valence-corrected chi connectivity index (χ0v) is 17.9. The van der Waals surface area contributed by atoms with Crippen molar-refractivity contribution >= 4 is 29.5 Å². The summed E-state index contributed by atoms with van der Waals surface area (Å²) in [5.74, 6) is 0.126. The Kier molecular flexibility index (Phi) is 7.42. The summed E-state index contributed by atoms with van der Waals surface area (Å²) in [4.78, 5) is 35.8. The third-order valence-electron chi connectivity index (χ3n) is 4.18. The molecule has 12 heteroatoms. The number of amides is 1. The minimum Gasteiger partial charge on any atom is -0.497 e. The van der Waals surface area contributed by atoms with Gasteiger partial charge in [-0.3, -0.25) is 4.79 Å². The van der Waals surface area contributed by atoms with Crippen molar-refractivity contribution in [3.8, 4) is 17.2 Å². The van der Waals surface area contributed by atoms with E-state index in [9.17, 15) is 9.59 Å². The van der Waals surface area contributed by atoms with Gasteiger partial charge in [-0.25, -0.2) is 4.79 Å². The number of aromatic nitrogens is 3. The van der Waals surface area contributed by atoms with Crippen LogP contribution in [0.1, 0.15) is 16.2 Å². The standard InChI is InChI=1S/C21H22N6O6/c1-30-14-6-4-13(5-7-14)24-18(28)11-32-15-8-3-12(9-16(15)31-2)19(29)33-10-17-25-20(22)27-21(23)26-17/h3-9H,10-11H2,1-2H3,(H,24,28)(H4,22,23,25,26,27). The van der Waals surface area contributed by atoms with E-state index in [4.69, 9.17) is 30.4 Å². The lowest BCUT2D eigenvalue weighted by atomic mass is 10.2. The number of carbonyl (C=O) groups is 2. The lowest BCUT2D eigenvalue weighted by Crippen LogP contribution is -2.20. The van der Waals surface area contributed by atoms with Crippen molar-refractivity contribution in [2.45, 2.75) is 6.61 Å². The molecule has 0 bridgehead atoms. The van der Waals surface area contributed by atoms with Crippen molar-refractivity contribution in [3.63, 3.8) is 0 Å². The molecule has 12 nitrogen and oxygen atoms in total. The molecule has 2 aromatic carbocycles. The summed E-state index contributed by atoms with van der Waals surface area (Å²) in [5, 5.41) is 2.70. The van der Waals surface area contributed by atoms with Crippen molar-refractivity contribution in [2.24, 2.45) is 0 Å². The Morgan fingerprint density at radius 2 is 1.61 bits per heavy atom. The number of anilines is 3. The van der Waals surface area contributed by atoms with Crippen molar-refractivity contribution in [2.75, 3.05) is 37.6 Å². The third kappa shape index (κ3) is 6.43. The fraction of sp³-hybridized carbons (Fsp3) is 0.190. The summed E-state index contributed by atoms with van der Waals surface area (Å²) in [6.45, 7) is -0.518. The van der Waals surface area contributed by atoms with Gasteiger partial charge in [0.25, 0.3) is 5.91 Å². The van der Waals surface area contributed by atoms with E-state index in [1.165, 1.54) is 25.3 Å². The van der Waals surface area contributed by atoms with Gasteiger partial charge in [0.1, 0.15) is 5.75 Å². The number of nitrogens with two attached hydrogens (primary N) is 2. The maximum Gasteiger partial charge on any atom is 0.338 e. The second kappa shape index (κ2) is 10.6. The number of hydrogen-bond donors (Lipinski definition) is 3. The molecule has 0 radical (unpaired) electrons. The van der Waals surface area contributed by atoms with E-state index in [0.717, 1.165) is 0 Å². The average molecular weight is 454 g/mol. The Labute approximate surface area is 188 Å². The summed E-state index contributed by atoms with van der Waals surface area (Å²) in [6.07, 6.45) is 0. The zero-order chi connectivity index (χ0) is 23.8. The number of carbonyl (C=O) groups excluding carboxylic acids is 2. The summed E-state index contributed by atoms with van der Waals surface area (Å²) in [6, 6.07) is 11.3. The van der Waals surface area contributed by atoms with E-state index in [0.29, 0.717) is 11.4 Å². The van der Waals surface area contributed by atoms with E-state index in [1.54, 1.807) is 31.4 Å². The minimum atomic E-state index is -0.658. The average Bonchev–Trinajstić information content (AvgIpc) is 2.81. The molecule has 1 aromatic heterocycles. The first-order valence-electron chi connectivity index (χ1n) is 9.55. The number of esters is 1. The highest BCUT2D eigenvalue weighted by atomic mass is 16.5. The van der Waals surface area contributed by atoms with Crippen LogP contribution in [-0.4, -0.2) is 47.7 Å². The number of benzene rings is 2. The first kappa shape index (κ1) is 23.1. The van der Waals surface area contributed by atoms with Crippen LogP contribution >= 0.6 is 0 Å². The Morgan fingerprint density at radius 3 is 2.24 bits per heavy atom. The second-order valence-corrected chi connectivity index (χ2v) is 6.48. The predicted molar refractivity (Wildman–Crippen MR) is 118 cm³/mol. The van der Waals surface area contributed by atoms with E-state index < -0.39 is 5.97 Å². The van der Waals surface area contributed by atoms with Gasteiger partial charge in [0.05, 0.1) is 19.8 Å². The van der Waals surface area contributed by atoms with E-state index in [-0.39, 0.29) is 53.9 Å². The number of methoxy groups -OCH3 is 2. The van der Waals surface area contributed by atoms with Crippen LogP contribution < -0.4 is 31.0 Å². The Bertz CT molecular complexity index is 1120. The van der Waals surface area contributed by atoms with E-state index >= 15 is 0 Å². The predicted octanol–water partition coefficient (Wildman–Crippen LogP) is 1.43. The number of nitrogens with one attached hydrogen (secondary N) is 1. The minimum absolute atomic E-state index is 0.0762. The SMILES string of the molecule is COc1ccc(NC(=O)COc2ccc(C(=O)OCc3nc(N)nc(N)n3)cc2OC)cc1. The molecular weight excluding hydrogens is 432 g/mol. The maximum atomic E-state index is 12.4. The van der Waals surface area contributed by atoms with Crippen LogP contribution in [0, 0.1) is 0 Å². The fourth-order valence-corrected chi connectivity index (χ4v) is 2.66. The molecule has 0 aliphatic rings. The molecule has 0 spiro atoms. The summed E-state index contributed by atoms with van der Waals surface area (Å²) in [5.41, 5.74) is 11.8. The van der Waals surface area contributed by atoms with Crippen LogP contribution in [0.25, 0.3) is 0 Å². The van der Waals surface area contributed by atoms with E-state index in [2.05, 4.69) is 20.3 Å². The molecule has 0 atom stereocenters. The van der Waals surface area contributed by atoms with Crippen LogP contribution in [0.4, 0.5) is 17.6 Å². The van der Waals surface area contributed by atoms with Gasteiger partial charge in [-0.05, 0) is 42.5 Å². The molecule has 3 aromatic rings. The number of nitrogens with zero attached hydrogens (tertiary/aromatic N) is 3. The van der Waals surface area contributed by atoms with Gasteiger partial charge >= 0.3 is 5.97 Å². The lowest BCUT2D eigenvalue weighted by molar-refractivity contribution is -0.118. The molecule has 0 aliphatic carbocycles. The quantitative estimate of drug-likeness (QED) is 0.399. The number of rotatable bonds is 9. The van der Waals surface area contributed by atoms with Gasteiger partial charge in [0, 0.05) is 5.69 Å². The zero-order valence-electron chi connectivity index (χ0n) is 17.9. The highest BCUT2D eigenvalue weighted by molar-refractivity contribution is 5.92. The molecule has 0 unspecified atom stereocenters. The maximum absolute atomic E-state index is 12.4. The molecule has 172 valence electrons. The van der Waals surface area contributed by atoms with Crippen molar-refractivity contribution in [3.05, 3.63) is 53.9 Å². The normalized spacial score (nSPS) is 10.2. The smallest absolute Gasteiger partial charge is 0.338 e. The molecule has 5 N–H and O–H groups in total. The van der Waals surface area contributed by atoms with Gasteiger partial charge in [-0.15, -0.1) is 0 Å². The largest absolute Gasteiger partial charge is 0.497 e. The van der Waals surface area contributed by atoms with E-state index in [1.807, 2.05) is 0 Å². The molecule has 33 heavy (non-hydrogen) atoms. The molecular formula is C21H22N6O6. The summed E-state index contributed by atoms with van der Waals surface area (Å²) >= 11 is 0. The first-order valence-corrected chi connectivity index (χ1v) is 9.55. The van der Waals surface area contributed by atoms with Gasteiger partial charge < -0.3 is 35.7 Å². The molecule has 0 saturated carbocycles.